The Bertz CT molecular complexity index is 684. The number of benzene rings is 1. The second kappa shape index (κ2) is 6.90. The molecule has 1 saturated heterocycles. The maximum atomic E-state index is 14.1. The highest BCUT2D eigenvalue weighted by atomic mass is 19.1. The molecule has 1 aromatic rings. The van der Waals surface area contributed by atoms with Crippen LogP contribution in [0.2, 0.25) is 0 Å². The van der Waals surface area contributed by atoms with Gasteiger partial charge in [-0.15, -0.1) is 0 Å². The lowest BCUT2D eigenvalue weighted by Gasteiger charge is -2.40. The van der Waals surface area contributed by atoms with Crippen molar-refractivity contribution < 1.29 is 23.8 Å². The van der Waals surface area contributed by atoms with Gasteiger partial charge in [0.05, 0.1) is 5.56 Å². The maximum absolute atomic E-state index is 14.1. The molecule has 0 radical (unpaired) electrons. The zero-order chi connectivity index (χ0) is 18.9. The van der Waals surface area contributed by atoms with Gasteiger partial charge in [-0.2, -0.15) is 0 Å². The standard InChI is InChI=1S/C18H25FN2O4/c1-11-8-13(14(19)9-15(11)22)16(23)21-7-6-20(10-12(21)2)17(24)25-18(3,4)5/h8-9,12,22H,6-7,10H2,1-5H3/t12-/m1/s1. The molecule has 2 amide bonds. The van der Waals surface area contributed by atoms with Crippen LogP contribution in [0.1, 0.15) is 43.6 Å². The number of aryl methyl sites for hydroxylation is 1. The predicted octanol–water partition coefficient (Wildman–Crippen LogP) is 2.92. The minimum absolute atomic E-state index is 0.0760. The van der Waals surface area contributed by atoms with E-state index < -0.39 is 23.4 Å². The summed E-state index contributed by atoms with van der Waals surface area (Å²) in [5.41, 5.74) is -0.224. The Kier molecular flexibility index (Phi) is 5.25. The Hall–Kier alpha value is -2.31. The number of phenols is 1. The van der Waals surface area contributed by atoms with E-state index in [1.165, 1.54) is 11.0 Å². The lowest BCUT2D eigenvalue weighted by molar-refractivity contribution is 0.00607. The van der Waals surface area contributed by atoms with Crippen molar-refractivity contribution in [1.29, 1.82) is 0 Å². The molecule has 2 rings (SSSR count). The molecule has 1 heterocycles. The number of carbonyl (C=O) groups is 2. The fourth-order valence-electron chi connectivity index (χ4n) is 2.74. The molecule has 138 valence electrons. The highest BCUT2D eigenvalue weighted by Crippen LogP contribution is 2.24. The number of aromatic hydroxyl groups is 1. The molecule has 0 saturated carbocycles. The fourth-order valence-corrected chi connectivity index (χ4v) is 2.74. The summed E-state index contributed by atoms with van der Waals surface area (Å²) in [5.74, 6) is -1.39. The molecule has 7 heteroatoms. The van der Waals surface area contributed by atoms with E-state index in [-0.39, 0.29) is 17.4 Å². The van der Waals surface area contributed by atoms with E-state index in [0.717, 1.165) is 6.07 Å². The minimum Gasteiger partial charge on any atom is -0.508 e. The third-order valence-electron chi connectivity index (χ3n) is 4.06. The van der Waals surface area contributed by atoms with Crippen molar-refractivity contribution in [2.45, 2.75) is 46.3 Å². The molecule has 6 nitrogen and oxygen atoms in total. The smallest absolute Gasteiger partial charge is 0.410 e. The molecule has 25 heavy (non-hydrogen) atoms. The molecule has 1 N–H and O–H groups in total. The highest BCUT2D eigenvalue weighted by molar-refractivity contribution is 5.95. The van der Waals surface area contributed by atoms with Crippen LogP contribution < -0.4 is 0 Å². The largest absolute Gasteiger partial charge is 0.508 e. The van der Waals surface area contributed by atoms with Crippen LogP contribution in [0.15, 0.2) is 12.1 Å². The lowest BCUT2D eigenvalue weighted by atomic mass is 10.1. The van der Waals surface area contributed by atoms with Gasteiger partial charge in [0.1, 0.15) is 17.2 Å². The van der Waals surface area contributed by atoms with Crippen molar-refractivity contribution in [2.75, 3.05) is 19.6 Å². The van der Waals surface area contributed by atoms with Crippen LogP contribution in [0.5, 0.6) is 5.75 Å². The van der Waals surface area contributed by atoms with Crippen molar-refractivity contribution in [2.24, 2.45) is 0 Å². The highest BCUT2D eigenvalue weighted by Gasteiger charge is 2.33. The predicted molar refractivity (Wildman–Crippen MR) is 91.1 cm³/mol. The van der Waals surface area contributed by atoms with Gasteiger partial charge in [0.15, 0.2) is 0 Å². The Morgan fingerprint density at radius 2 is 1.92 bits per heavy atom. The Balaban J connectivity index is 2.10. The van der Waals surface area contributed by atoms with Gasteiger partial charge >= 0.3 is 6.09 Å². The number of halogens is 1. The molecule has 0 aliphatic carbocycles. The second-order valence-corrected chi connectivity index (χ2v) is 7.39. The normalized spacial score (nSPS) is 18.2. The van der Waals surface area contributed by atoms with Crippen molar-refractivity contribution >= 4 is 12.0 Å². The number of ether oxygens (including phenoxy) is 1. The first-order valence-corrected chi connectivity index (χ1v) is 8.27. The van der Waals surface area contributed by atoms with E-state index in [1.807, 2.05) is 0 Å². The van der Waals surface area contributed by atoms with Gasteiger partial charge in [0.25, 0.3) is 5.91 Å². The number of hydrogen-bond donors (Lipinski definition) is 1. The first-order chi connectivity index (χ1) is 11.5. The van der Waals surface area contributed by atoms with E-state index in [4.69, 9.17) is 4.74 Å². The van der Waals surface area contributed by atoms with Crippen LogP contribution in [0.3, 0.4) is 0 Å². The number of phenolic OH excluding ortho intramolecular Hbond substituents is 1. The summed E-state index contributed by atoms with van der Waals surface area (Å²) < 4.78 is 19.4. The van der Waals surface area contributed by atoms with E-state index in [1.54, 1.807) is 39.5 Å². The SMILES string of the molecule is Cc1cc(C(=O)N2CCN(C(=O)OC(C)(C)C)C[C@H]2C)c(F)cc1O. The summed E-state index contributed by atoms with van der Waals surface area (Å²) in [4.78, 5) is 27.9. The van der Waals surface area contributed by atoms with Gasteiger partial charge < -0.3 is 19.6 Å². The fraction of sp³-hybridized carbons (Fsp3) is 0.556. The van der Waals surface area contributed by atoms with Crippen LogP contribution in [-0.2, 0) is 4.74 Å². The van der Waals surface area contributed by atoms with Crippen LogP contribution in [0.4, 0.5) is 9.18 Å². The molecule has 0 aromatic heterocycles. The number of piperazine rings is 1. The number of amides is 2. The van der Waals surface area contributed by atoms with Crippen LogP contribution in [0.25, 0.3) is 0 Å². The molecule has 0 unspecified atom stereocenters. The van der Waals surface area contributed by atoms with E-state index in [0.29, 0.717) is 25.2 Å². The maximum Gasteiger partial charge on any atom is 0.410 e. The minimum atomic E-state index is -0.755. The number of rotatable bonds is 1. The summed E-state index contributed by atoms with van der Waals surface area (Å²) in [6.45, 7) is 9.73. The Morgan fingerprint density at radius 1 is 1.28 bits per heavy atom. The molecule has 1 aliphatic heterocycles. The van der Waals surface area contributed by atoms with Gasteiger partial charge in [0, 0.05) is 31.7 Å². The van der Waals surface area contributed by atoms with Crippen molar-refractivity contribution in [1.82, 2.24) is 9.80 Å². The zero-order valence-electron chi connectivity index (χ0n) is 15.3. The molecule has 0 spiro atoms. The summed E-state index contributed by atoms with van der Waals surface area (Å²) in [6.07, 6.45) is -0.418. The lowest BCUT2D eigenvalue weighted by Crippen LogP contribution is -2.56. The second-order valence-electron chi connectivity index (χ2n) is 7.39. The van der Waals surface area contributed by atoms with Crippen LogP contribution in [0, 0.1) is 12.7 Å². The third-order valence-corrected chi connectivity index (χ3v) is 4.06. The summed E-state index contributed by atoms with van der Waals surface area (Å²) in [7, 11) is 0. The third kappa shape index (κ3) is 4.41. The Labute approximate surface area is 147 Å². The topological polar surface area (TPSA) is 70.1 Å². The summed E-state index contributed by atoms with van der Waals surface area (Å²) >= 11 is 0. The molecular weight excluding hydrogens is 327 g/mol. The van der Waals surface area contributed by atoms with E-state index in [9.17, 15) is 19.1 Å². The van der Waals surface area contributed by atoms with E-state index in [2.05, 4.69) is 0 Å². The van der Waals surface area contributed by atoms with Crippen molar-refractivity contribution in [3.05, 3.63) is 29.1 Å². The summed E-state index contributed by atoms with van der Waals surface area (Å²) in [6, 6.07) is 2.02. The zero-order valence-corrected chi connectivity index (χ0v) is 15.3. The van der Waals surface area contributed by atoms with Crippen molar-refractivity contribution in [3.63, 3.8) is 0 Å². The quantitative estimate of drug-likeness (QED) is 0.844. The molecule has 1 aliphatic rings. The average molecular weight is 352 g/mol. The van der Waals surface area contributed by atoms with Gasteiger partial charge in [0.2, 0.25) is 0 Å². The van der Waals surface area contributed by atoms with Gasteiger partial charge in [-0.25, -0.2) is 9.18 Å². The average Bonchev–Trinajstić information content (AvgIpc) is 2.48. The molecule has 1 atom stereocenters. The van der Waals surface area contributed by atoms with Crippen LogP contribution in [-0.4, -0.2) is 58.2 Å². The molecule has 1 fully saturated rings. The van der Waals surface area contributed by atoms with Gasteiger partial charge in [-0.1, -0.05) is 0 Å². The molecule has 0 bridgehead atoms. The first kappa shape index (κ1) is 19.0. The van der Waals surface area contributed by atoms with Crippen LogP contribution >= 0.6 is 0 Å². The Morgan fingerprint density at radius 3 is 2.48 bits per heavy atom. The number of hydrogen-bond acceptors (Lipinski definition) is 4. The monoisotopic (exact) mass is 352 g/mol. The van der Waals surface area contributed by atoms with Gasteiger partial charge in [-0.05, 0) is 46.2 Å². The first-order valence-electron chi connectivity index (χ1n) is 8.27. The number of carbonyl (C=O) groups excluding carboxylic acids is 2. The summed E-state index contributed by atoms with van der Waals surface area (Å²) in [5, 5.41) is 9.53. The number of nitrogens with zero attached hydrogens (tertiary/aromatic N) is 2. The van der Waals surface area contributed by atoms with Crippen molar-refractivity contribution in [3.8, 4) is 5.75 Å². The molecule has 1 aromatic carbocycles. The van der Waals surface area contributed by atoms with Gasteiger partial charge in [-0.3, -0.25) is 4.79 Å². The molecular formula is C18H25FN2O4. The van der Waals surface area contributed by atoms with E-state index >= 15 is 0 Å².